The summed E-state index contributed by atoms with van der Waals surface area (Å²) < 4.78 is 10.3. The normalized spacial score (nSPS) is 16.3. The lowest BCUT2D eigenvalue weighted by molar-refractivity contribution is 0.0599. The quantitative estimate of drug-likeness (QED) is 0.733. The minimum Gasteiger partial charge on any atom is -0.491 e. The van der Waals surface area contributed by atoms with E-state index in [1.165, 1.54) is 7.11 Å². The predicted octanol–water partition coefficient (Wildman–Crippen LogP) is 1.49. The first-order valence-electron chi connectivity index (χ1n) is 8.52. The molecule has 3 rings (SSSR count). The number of carbonyl (C=O) groups excluding carboxylic acids is 1. The van der Waals surface area contributed by atoms with Crippen LogP contribution in [0.15, 0.2) is 35.8 Å². The van der Waals surface area contributed by atoms with Crippen molar-refractivity contribution in [1.29, 1.82) is 0 Å². The van der Waals surface area contributed by atoms with Gasteiger partial charge in [0, 0.05) is 44.3 Å². The number of hydrogen-bond acceptors (Lipinski definition) is 8. The molecule has 140 valence electrons. The Labute approximate surface area is 156 Å². The highest BCUT2D eigenvalue weighted by Crippen LogP contribution is 2.19. The highest BCUT2D eigenvalue weighted by molar-refractivity contribution is 7.13. The van der Waals surface area contributed by atoms with Crippen LogP contribution >= 0.6 is 11.3 Å². The summed E-state index contributed by atoms with van der Waals surface area (Å²) in [4.78, 5) is 20.2. The fraction of sp³-hybridized carbons (Fsp3) is 0.444. The van der Waals surface area contributed by atoms with Crippen LogP contribution in [-0.2, 0) is 4.74 Å². The second kappa shape index (κ2) is 8.98. The molecule has 1 saturated heterocycles. The summed E-state index contributed by atoms with van der Waals surface area (Å²) in [5.74, 6) is 0.235. The van der Waals surface area contributed by atoms with Gasteiger partial charge in [0.2, 0.25) is 0 Å². The van der Waals surface area contributed by atoms with Crippen LogP contribution in [0.2, 0.25) is 0 Å². The monoisotopic (exact) mass is 377 g/mol. The molecule has 1 aromatic heterocycles. The fourth-order valence-electron chi connectivity index (χ4n) is 2.84. The molecule has 0 aliphatic carbocycles. The fourth-order valence-corrected chi connectivity index (χ4v) is 3.54. The van der Waals surface area contributed by atoms with Crippen LogP contribution in [0.5, 0.6) is 5.75 Å². The molecule has 0 radical (unpaired) electrons. The van der Waals surface area contributed by atoms with Crippen molar-refractivity contribution in [2.75, 3.05) is 51.3 Å². The van der Waals surface area contributed by atoms with Crippen LogP contribution in [0.4, 0.5) is 5.13 Å². The number of esters is 1. The molecule has 0 spiro atoms. The van der Waals surface area contributed by atoms with Gasteiger partial charge in [-0.2, -0.15) is 0 Å². The molecular formula is C18H23N3O4S. The SMILES string of the molecule is COC(=O)c1ccc(OCC(O)CN2CCN(c3nccs3)CC2)cc1. The molecule has 2 heterocycles. The first-order chi connectivity index (χ1) is 12.7. The minimum absolute atomic E-state index is 0.213. The molecule has 1 aliphatic rings. The van der Waals surface area contributed by atoms with E-state index in [0.717, 1.165) is 31.3 Å². The maximum Gasteiger partial charge on any atom is 0.337 e. The summed E-state index contributed by atoms with van der Waals surface area (Å²) in [6, 6.07) is 6.69. The zero-order valence-corrected chi connectivity index (χ0v) is 15.5. The molecule has 0 bridgehead atoms. The Balaban J connectivity index is 1.39. The van der Waals surface area contributed by atoms with E-state index in [1.807, 2.05) is 11.6 Å². The van der Waals surface area contributed by atoms with Crippen molar-refractivity contribution >= 4 is 22.4 Å². The van der Waals surface area contributed by atoms with Crippen LogP contribution in [0.25, 0.3) is 0 Å². The molecule has 7 nitrogen and oxygen atoms in total. The second-order valence-corrected chi connectivity index (χ2v) is 6.96. The van der Waals surface area contributed by atoms with E-state index in [2.05, 4.69) is 19.5 Å². The Morgan fingerprint density at radius 1 is 1.27 bits per heavy atom. The zero-order chi connectivity index (χ0) is 18.4. The molecule has 0 amide bonds. The summed E-state index contributed by atoms with van der Waals surface area (Å²) in [5.41, 5.74) is 0.471. The Morgan fingerprint density at radius 2 is 2.00 bits per heavy atom. The lowest BCUT2D eigenvalue weighted by atomic mass is 10.2. The van der Waals surface area contributed by atoms with Crippen LogP contribution in [-0.4, -0.2) is 73.5 Å². The number of β-amino-alcohol motifs (C(OH)–C–C–N with tert-alkyl or cyclic N) is 1. The maximum atomic E-state index is 11.4. The molecule has 0 saturated carbocycles. The summed E-state index contributed by atoms with van der Waals surface area (Å²) in [6.07, 6.45) is 1.26. The van der Waals surface area contributed by atoms with Gasteiger partial charge in [-0.1, -0.05) is 0 Å². The van der Waals surface area contributed by atoms with E-state index in [9.17, 15) is 9.90 Å². The third-order valence-corrected chi connectivity index (χ3v) is 5.08. The molecule has 26 heavy (non-hydrogen) atoms. The number of aromatic nitrogens is 1. The molecular weight excluding hydrogens is 354 g/mol. The second-order valence-electron chi connectivity index (χ2n) is 6.08. The van der Waals surface area contributed by atoms with Crippen LogP contribution in [0.1, 0.15) is 10.4 Å². The Hall–Kier alpha value is -2.16. The summed E-state index contributed by atoms with van der Waals surface area (Å²) in [5, 5.41) is 13.3. The van der Waals surface area contributed by atoms with Gasteiger partial charge in [-0.05, 0) is 24.3 Å². The van der Waals surface area contributed by atoms with Crippen molar-refractivity contribution in [2.24, 2.45) is 0 Å². The molecule has 1 atom stereocenters. The lowest BCUT2D eigenvalue weighted by Crippen LogP contribution is -2.49. The number of rotatable bonds is 7. The third-order valence-electron chi connectivity index (χ3n) is 4.25. The van der Waals surface area contributed by atoms with Gasteiger partial charge in [0.25, 0.3) is 0 Å². The van der Waals surface area contributed by atoms with Gasteiger partial charge in [-0.3, -0.25) is 4.90 Å². The van der Waals surface area contributed by atoms with Crippen molar-refractivity contribution in [3.8, 4) is 5.75 Å². The maximum absolute atomic E-state index is 11.4. The van der Waals surface area contributed by atoms with Crippen molar-refractivity contribution in [3.05, 3.63) is 41.4 Å². The van der Waals surface area contributed by atoms with Crippen LogP contribution in [0.3, 0.4) is 0 Å². The average Bonchev–Trinajstić information content (AvgIpc) is 3.21. The summed E-state index contributed by atoms with van der Waals surface area (Å²) >= 11 is 1.65. The molecule has 8 heteroatoms. The zero-order valence-electron chi connectivity index (χ0n) is 14.7. The molecule has 2 aromatic rings. The van der Waals surface area contributed by atoms with Crippen LogP contribution < -0.4 is 9.64 Å². The number of aliphatic hydroxyl groups excluding tert-OH is 1. The predicted molar refractivity (Wildman–Crippen MR) is 100 cm³/mol. The van der Waals surface area contributed by atoms with E-state index in [-0.39, 0.29) is 12.6 Å². The highest BCUT2D eigenvalue weighted by atomic mass is 32.1. The minimum atomic E-state index is -0.568. The van der Waals surface area contributed by atoms with E-state index in [1.54, 1.807) is 35.6 Å². The molecule has 1 aromatic carbocycles. The highest BCUT2D eigenvalue weighted by Gasteiger charge is 2.20. The summed E-state index contributed by atoms with van der Waals surface area (Å²) in [7, 11) is 1.35. The van der Waals surface area contributed by atoms with E-state index < -0.39 is 6.10 Å². The number of anilines is 1. The number of nitrogens with zero attached hydrogens (tertiary/aromatic N) is 3. The Morgan fingerprint density at radius 3 is 2.62 bits per heavy atom. The van der Waals surface area contributed by atoms with Gasteiger partial charge in [0.15, 0.2) is 5.13 Å². The van der Waals surface area contributed by atoms with E-state index in [0.29, 0.717) is 17.9 Å². The Bertz CT molecular complexity index is 685. The number of methoxy groups -OCH3 is 1. The van der Waals surface area contributed by atoms with Crippen molar-refractivity contribution in [1.82, 2.24) is 9.88 Å². The van der Waals surface area contributed by atoms with Crippen LogP contribution in [0, 0.1) is 0 Å². The molecule has 1 aliphatic heterocycles. The summed E-state index contributed by atoms with van der Waals surface area (Å²) in [6.45, 7) is 4.40. The van der Waals surface area contributed by atoms with Gasteiger partial charge in [0.1, 0.15) is 18.5 Å². The number of ether oxygens (including phenoxy) is 2. The van der Waals surface area contributed by atoms with Gasteiger partial charge in [-0.15, -0.1) is 11.3 Å². The van der Waals surface area contributed by atoms with E-state index in [4.69, 9.17) is 4.74 Å². The molecule has 1 fully saturated rings. The van der Waals surface area contributed by atoms with Gasteiger partial charge in [0.05, 0.1) is 12.7 Å². The third kappa shape index (κ3) is 4.94. The van der Waals surface area contributed by atoms with Crippen molar-refractivity contribution < 1.29 is 19.4 Å². The van der Waals surface area contributed by atoms with Gasteiger partial charge in [-0.25, -0.2) is 9.78 Å². The number of carbonyl (C=O) groups is 1. The molecule has 1 unspecified atom stereocenters. The number of aliphatic hydroxyl groups is 1. The van der Waals surface area contributed by atoms with E-state index >= 15 is 0 Å². The van der Waals surface area contributed by atoms with Gasteiger partial charge >= 0.3 is 5.97 Å². The smallest absolute Gasteiger partial charge is 0.337 e. The number of thiazole rings is 1. The topological polar surface area (TPSA) is 75.1 Å². The molecule has 1 N–H and O–H groups in total. The lowest BCUT2D eigenvalue weighted by Gasteiger charge is -2.35. The first-order valence-corrected chi connectivity index (χ1v) is 9.39. The largest absolute Gasteiger partial charge is 0.491 e. The van der Waals surface area contributed by atoms with Crippen molar-refractivity contribution in [3.63, 3.8) is 0 Å². The average molecular weight is 377 g/mol. The standard InChI is InChI=1S/C18H23N3O4S/c1-24-17(23)14-2-4-16(5-3-14)25-13-15(22)12-20-7-9-21(10-8-20)18-19-6-11-26-18/h2-6,11,15,22H,7-10,12-13H2,1H3. The van der Waals surface area contributed by atoms with Crippen molar-refractivity contribution in [2.45, 2.75) is 6.10 Å². The number of piperazine rings is 1. The first kappa shape index (κ1) is 18.6. The number of benzene rings is 1. The van der Waals surface area contributed by atoms with Gasteiger partial charge < -0.3 is 19.5 Å². The number of hydrogen-bond donors (Lipinski definition) is 1. The Kier molecular flexibility index (Phi) is 6.43.